The van der Waals surface area contributed by atoms with E-state index in [9.17, 15) is 4.79 Å². The van der Waals surface area contributed by atoms with E-state index in [4.69, 9.17) is 9.47 Å². The second-order valence-corrected chi connectivity index (χ2v) is 7.31. The SMILES string of the molecule is CCn1nccc1C(C)NC(=O)/C=C/c1ccc(OC)c(COc2ccc(C)cc2)c1. The van der Waals surface area contributed by atoms with Crippen LogP contribution in [0.2, 0.25) is 0 Å². The van der Waals surface area contributed by atoms with Crippen LogP contribution in [-0.2, 0) is 17.9 Å². The van der Waals surface area contributed by atoms with Crippen molar-refractivity contribution in [2.45, 2.75) is 40.0 Å². The molecule has 0 aliphatic carbocycles. The third kappa shape index (κ3) is 5.98. The van der Waals surface area contributed by atoms with Gasteiger partial charge in [-0.3, -0.25) is 9.48 Å². The molecule has 3 aromatic rings. The van der Waals surface area contributed by atoms with E-state index in [1.165, 1.54) is 11.6 Å². The lowest BCUT2D eigenvalue weighted by molar-refractivity contribution is -0.117. The minimum atomic E-state index is -0.162. The quantitative estimate of drug-likeness (QED) is 0.511. The van der Waals surface area contributed by atoms with E-state index in [1.807, 2.05) is 74.0 Å². The molecule has 6 heteroatoms. The molecule has 0 fully saturated rings. The Hall–Kier alpha value is -3.54. The summed E-state index contributed by atoms with van der Waals surface area (Å²) in [6, 6.07) is 15.5. The average Bonchev–Trinajstić information content (AvgIpc) is 3.26. The Kier molecular flexibility index (Phi) is 7.49. The summed E-state index contributed by atoms with van der Waals surface area (Å²) in [6.45, 7) is 7.14. The van der Waals surface area contributed by atoms with Crippen LogP contribution in [0.4, 0.5) is 0 Å². The van der Waals surface area contributed by atoms with Crippen molar-refractivity contribution in [3.05, 3.63) is 83.2 Å². The summed E-state index contributed by atoms with van der Waals surface area (Å²) in [5.41, 5.74) is 3.96. The van der Waals surface area contributed by atoms with Gasteiger partial charge >= 0.3 is 0 Å². The third-order valence-electron chi connectivity index (χ3n) is 5.00. The molecule has 0 aliphatic rings. The van der Waals surface area contributed by atoms with E-state index in [-0.39, 0.29) is 11.9 Å². The molecular weight excluding hydrogens is 390 g/mol. The lowest BCUT2D eigenvalue weighted by atomic mass is 10.1. The molecule has 0 radical (unpaired) electrons. The van der Waals surface area contributed by atoms with Crippen LogP contribution in [0, 0.1) is 6.92 Å². The van der Waals surface area contributed by atoms with Gasteiger partial charge in [0.1, 0.15) is 18.1 Å². The van der Waals surface area contributed by atoms with E-state index in [0.29, 0.717) is 6.61 Å². The van der Waals surface area contributed by atoms with E-state index < -0.39 is 0 Å². The summed E-state index contributed by atoms with van der Waals surface area (Å²) in [6.07, 6.45) is 5.07. The van der Waals surface area contributed by atoms with Crippen LogP contribution < -0.4 is 14.8 Å². The average molecular weight is 420 g/mol. The second-order valence-electron chi connectivity index (χ2n) is 7.31. The lowest BCUT2D eigenvalue weighted by Crippen LogP contribution is -2.26. The van der Waals surface area contributed by atoms with Gasteiger partial charge in [0, 0.05) is 24.4 Å². The zero-order valence-corrected chi connectivity index (χ0v) is 18.5. The number of aromatic nitrogens is 2. The number of hydrogen-bond donors (Lipinski definition) is 1. The van der Waals surface area contributed by atoms with E-state index in [0.717, 1.165) is 34.9 Å². The number of nitrogens with zero attached hydrogens (tertiary/aromatic N) is 2. The molecule has 1 N–H and O–H groups in total. The van der Waals surface area contributed by atoms with Crippen LogP contribution in [0.5, 0.6) is 11.5 Å². The van der Waals surface area contributed by atoms with Gasteiger partial charge in [0.25, 0.3) is 0 Å². The summed E-state index contributed by atoms with van der Waals surface area (Å²) < 4.78 is 13.2. The minimum absolute atomic E-state index is 0.131. The van der Waals surface area contributed by atoms with E-state index in [1.54, 1.807) is 19.4 Å². The summed E-state index contributed by atoms with van der Waals surface area (Å²) in [5, 5.41) is 7.23. The summed E-state index contributed by atoms with van der Waals surface area (Å²) in [7, 11) is 1.63. The number of aryl methyl sites for hydroxylation is 2. The molecule has 0 aliphatic heterocycles. The number of nitrogens with one attached hydrogen (secondary N) is 1. The molecule has 1 aromatic heterocycles. The Bertz CT molecular complexity index is 1040. The molecule has 1 atom stereocenters. The van der Waals surface area contributed by atoms with Gasteiger partial charge in [-0.2, -0.15) is 5.10 Å². The normalized spacial score (nSPS) is 12.0. The van der Waals surface area contributed by atoms with Crippen LogP contribution in [0.1, 0.15) is 42.3 Å². The standard InChI is InChI=1S/C25H29N3O3/c1-5-28-23(14-15-26-28)19(3)27-25(29)13-9-20-8-12-24(30-4)21(16-20)17-31-22-10-6-18(2)7-11-22/h6-16,19H,5,17H2,1-4H3,(H,27,29)/b13-9+. The predicted molar refractivity (Wildman–Crippen MR) is 122 cm³/mol. The Morgan fingerprint density at radius 3 is 2.68 bits per heavy atom. The Balaban J connectivity index is 1.65. The van der Waals surface area contributed by atoms with Gasteiger partial charge in [0.15, 0.2) is 0 Å². The topological polar surface area (TPSA) is 65.4 Å². The summed E-state index contributed by atoms with van der Waals surface area (Å²) >= 11 is 0. The van der Waals surface area contributed by atoms with E-state index >= 15 is 0 Å². The number of hydrogen-bond acceptors (Lipinski definition) is 4. The van der Waals surface area contributed by atoms with Crippen LogP contribution in [0.3, 0.4) is 0 Å². The fraction of sp³-hybridized carbons (Fsp3) is 0.280. The van der Waals surface area contributed by atoms with Crippen molar-refractivity contribution in [1.29, 1.82) is 0 Å². The summed E-state index contributed by atoms with van der Waals surface area (Å²) in [4.78, 5) is 12.4. The van der Waals surface area contributed by atoms with Crippen molar-refractivity contribution < 1.29 is 14.3 Å². The first-order valence-corrected chi connectivity index (χ1v) is 10.4. The maximum atomic E-state index is 12.4. The lowest BCUT2D eigenvalue weighted by Gasteiger charge is -2.14. The van der Waals surface area contributed by atoms with Crippen molar-refractivity contribution in [3.8, 4) is 11.5 Å². The Morgan fingerprint density at radius 1 is 1.19 bits per heavy atom. The van der Waals surface area contributed by atoms with Gasteiger partial charge in [-0.1, -0.05) is 23.8 Å². The molecule has 0 spiro atoms. The monoisotopic (exact) mass is 419 g/mol. The molecule has 31 heavy (non-hydrogen) atoms. The first-order valence-electron chi connectivity index (χ1n) is 10.4. The van der Waals surface area contributed by atoms with Gasteiger partial charge in [0.05, 0.1) is 18.8 Å². The minimum Gasteiger partial charge on any atom is -0.496 e. The molecule has 2 aromatic carbocycles. The molecule has 6 nitrogen and oxygen atoms in total. The van der Waals surface area contributed by atoms with Crippen LogP contribution in [-0.4, -0.2) is 22.8 Å². The van der Waals surface area contributed by atoms with E-state index in [2.05, 4.69) is 10.4 Å². The number of ether oxygens (including phenoxy) is 2. The van der Waals surface area contributed by atoms with Gasteiger partial charge in [0.2, 0.25) is 5.91 Å². The predicted octanol–water partition coefficient (Wildman–Crippen LogP) is 4.69. The maximum absolute atomic E-state index is 12.4. The highest BCUT2D eigenvalue weighted by Crippen LogP contribution is 2.23. The highest BCUT2D eigenvalue weighted by Gasteiger charge is 2.12. The zero-order chi connectivity index (χ0) is 22.2. The molecule has 162 valence electrons. The van der Waals surface area contributed by atoms with Crippen molar-refractivity contribution in [3.63, 3.8) is 0 Å². The molecule has 0 saturated carbocycles. The fourth-order valence-corrected chi connectivity index (χ4v) is 3.29. The Labute approximate surface area is 183 Å². The van der Waals surface area contributed by atoms with Gasteiger partial charge in [-0.15, -0.1) is 0 Å². The maximum Gasteiger partial charge on any atom is 0.244 e. The smallest absolute Gasteiger partial charge is 0.244 e. The molecule has 0 saturated heterocycles. The molecule has 3 rings (SSSR count). The van der Waals surface area contributed by atoms with Crippen molar-refractivity contribution in [1.82, 2.24) is 15.1 Å². The van der Waals surface area contributed by atoms with Crippen LogP contribution in [0.15, 0.2) is 60.8 Å². The van der Waals surface area contributed by atoms with Crippen LogP contribution in [0.25, 0.3) is 6.08 Å². The van der Waals surface area contributed by atoms with Gasteiger partial charge < -0.3 is 14.8 Å². The first kappa shape index (κ1) is 22.2. The fourth-order valence-electron chi connectivity index (χ4n) is 3.29. The van der Waals surface area contributed by atoms with Crippen molar-refractivity contribution in [2.24, 2.45) is 0 Å². The third-order valence-corrected chi connectivity index (χ3v) is 5.00. The number of carbonyl (C=O) groups is 1. The number of methoxy groups -OCH3 is 1. The molecule has 1 heterocycles. The summed E-state index contributed by atoms with van der Waals surface area (Å²) in [5.74, 6) is 1.38. The van der Waals surface area contributed by atoms with Crippen LogP contribution >= 0.6 is 0 Å². The number of amides is 1. The molecule has 0 bridgehead atoms. The molecular formula is C25H29N3O3. The zero-order valence-electron chi connectivity index (χ0n) is 18.5. The molecule has 1 amide bonds. The highest BCUT2D eigenvalue weighted by atomic mass is 16.5. The second kappa shape index (κ2) is 10.5. The number of benzene rings is 2. The molecule has 1 unspecified atom stereocenters. The Morgan fingerprint density at radius 2 is 1.97 bits per heavy atom. The van der Waals surface area contributed by atoms with Crippen molar-refractivity contribution in [2.75, 3.05) is 7.11 Å². The number of rotatable bonds is 9. The van der Waals surface area contributed by atoms with Crippen molar-refractivity contribution >= 4 is 12.0 Å². The first-order chi connectivity index (χ1) is 15.0. The largest absolute Gasteiger partial charge is 0.496 e. The van der Waals surface area contributed by atoms with Gasteiger partial charge in [-0.25, -0.2) is 0 Å². The highest BCUT2D eigenvalue weighted by molar-refractivity contribution is 5.92. The number of carbonyl (C=O) groups excluding carboxylic acids is 1. The van der Waals surface area contributed by atoms with Gasteiger partial charge in [-0.05, 0) is 62.7 Å².